The summed E-state index contributed by atoms with van der Waals surface area (Å²) in [5.74, 6) is 3.50. The summed E-state index contributed by atoms with van der Waals surface area (Å²) in [6.07, 6.45) is 13.2. The van der Waals surface area contributed by atoms with E-state index in [9.17, 15) is 4.79 Å². The fourth-order valence-corrected chi connectivity index (χ4v) is 5.22. The number of rotatable bonds is 10. The van der Waals surface area contributed by atoms with Crippen molar-refractivity contribution in [2.75, 3.05) is 18.1 Å². The zero-order chi connectivity index (χ0) is 15.6. The highest BCUT2D eigenvalue weighted by molar-refractivity contribution is 7.99. The SMILES string of the molecule is O=C(O)CCCCCC[C@H]1CSC[C@H]1COC1CCCCC1. The fraction of sp³-hybridized carbons (Fsp3) is 0.944. The van der Waals surface area contributed by atoms with Crippen molar-refractivity contribution in [3.8, 4) is 0 Å². The van der Waals surface area contributed by atoms with Crippen LogP contribution in [-0.2, 0) is 9.53 Å². The third-order valence-corrected chi connectivity index (χ3v) is 6.47. The van der Waals surface area contributed by atoms with Crippen molar-refractivity contribution in [1.82, 2.24) is 0 Å². The summed E-state index contributed by atoms with van der Waals surface area (Å²) >= 11 is 2.09. The van der Waals surface area contributed by atoms with Gasteiger partial charge in [0.1, 0.15) is 0 Å². The van der Waals surface area contributed by atoms with Crippen LogP contribution in [0.3, 0.4) is 0 Å². The zero-order valence-electron chi connectivity index (χ0n) is 13.8. The van der Waals surface area contributed by atoms with E-state index in [0.717, 1.165) is 31.3 Å². The highest BCUT2D eigenvalue weighted by atomic mass is 32.2. The first kappa shape index (κ1) is 18.1. The number of thioether (sulfide) groups is 1. The molecule has 0 spiro atoms. The van der Waals surface area contributed by atoms with E-state index in [4.69, 9.17) is 9.84 Å². The molecule has 1 aliphatic carbocycles. The van der Waals surface area contributed by atoms with Crippen LogP contribution < -0.4 is 0 Å². The monoisotopic (exact) mass is 328 g/mol. The van der Waals surface area contributed by atoms with Crippen molar-refractivity contribution in [3.05, 3.63) is 0 Å². The normalized spacial score (nSPS) is 26.4. The van der Waals surface area contributed by atoms with Crippen LogP contribution in [-0.4, -0.2) is 35.3 Å². The summed E-state index contributed by atoms with van der Waals surface area (Å²) in [4.78, 5) is 10.5. The van der Waals surface area contributed by atoms with Gasteiger partial charge >= 0.3 is 5.97 Å². The number of carboxylic acid groups (broad SMARTS) is 1. The second kappa shape index (κ2) is 10.5. The third kappa shape index (κ3) is 6.91. The molecule has 0 aromatic heterocycles. The first-order valence-corrected chi connectivity index (χ1v) is 10.3. The maximum atomic E-state index is 10.5. The van der Waals surface area contributed by atoms with E-state index in [1.165, 1.54) is 62.9 Å². The summed E-state index contributed by atoms with van der Waals surface area (Å²) in [7, 11) is 0. The van der Waals surface area contributed by atoms with Crippen LogP contribution in [0.2, 0.25) is 0 Å². The Morgan fingerprint density at radius 1 is 1.00 bits per heavy atom. The van der Waals surface area contributed by atoms with Gasteiger partial charge in [-0.2, -0.15) is 11.8 Å². The third-order valence-electron chi connectivity index (χ3n) is 5.14. The van der Waals surface area contributed by atoms with E-state index in [2.05, 4.69) is 11.8 Å². The Morgan fingerprint density at radius 2 is 1.73 bits per heavy atom. The molecule has 1 N–H and O–H groups in total. The van der Waals surface area contributed by atoms with Crippen LogP contribution in [0, 0.1) is 11.8 Å². The van der Waals surface area contributed by atoms with E-state index in [1.807, 2.05) is 0 Å². The Labute approximate surface area is 139 Å². The van der Waals surface area contributed by atoms with E-state index in [-0.39, 0.29) is 0 Å². The second-order valence-corrected chi connectivity index (χ2v) is 8.07. The van der Waals surface area contributed by atoms with Gasteiger partial charge in [-0.1, -0.05) is 38.5 Å². The smallest absolute Gasteiger partial charge is 0.303 e. The molecule has 22 heavy (non-hydrogen) atoms. The van der Waals surface area contributed by atoms with E-state index in [0.29, 0.717) is 12.5 Å². The Bertz CT molecular complexity index is 315. The zero-order valence-corrected chi connectivity index (χ0v) is 14.6. The van der Waals surface area contributed by atoms with Crippen molar-refractivity contribution < 1.29 is 14.6 Å². The van der Waals surface area contributed by atoms with Crippen molar-refractivity contribution in [3.63, 3.8) is 0 Å². The minimum atomic E-state index is -0.660. The highest BCUT2D eigenvalue weighted by Crippen LogP contribution is 2.34. The maximum absolute atomic E-state index is 10.5. The van der Waals surface area contributed by atoms with Crippen molar-refractivity contribution in [2.45, 2.75) is 76.7 Å². The van der Waals surface area contributed by atoms with Gasteiger partial charge in [-0.3, -0.25) is 4.79 Å². The molecule has 1 saturated heterocycles. The molecular formula is C18H32O3S. The molecule has 128 valence electrons. The van der Waals surface area contributed by atoms with E-state index < -0.39 is 5.97 Å². The molecule has 1 saturated carbocycles. The Morgan fingerprint density at radius 3 is 2.50 bits per heavy atom. The molecule has 0 radical (unpaired) electrons. The molecule has 0 bridgehead atoms. The first-order chi connectivity index (χ1) is 10.8. The number of carboxylic acids is 1. The predicted octanol–water partition coefficient (Wildman–Crippen LogP) is 4.74. The number of hydrogen-bond donors (Lipinski definition) is 1. The summed E-state index contributed by atoms with van der Waals surface area (Å²) in [5.41, 5.74) is 0. The molecular weight excluding hydrogens is 296 g/mol. The lowest BCUT2D eigenvalue weighted by atomic mass is 9.91. The standard InChI is InChI=1S/C18H32O3S/c19-18(20)11-7-2-1-4-8-15-13-22-14-16(15)12-21-17-9-5-3-6-10-17/h15-17H,1-14H2,(H,19,20)/t15-,16+/m0/s1. The minimum Gasteiger partial charge on any atom is -0.481 e. The molecule has 0 aromatic carbocycles. The highest BCUT2D eigenvalue weighted by Gasteiger charge is 2.28. The Balaban J connectivity index is 1.54. The van der Waals surface area contributed by atoms with Gasteiger partial charge < -0.3 is 9.84 Å². The van der Waals surface area contributed by atoms with Crippen molar-refractivity contribution >= 4 is 17.7 Å². The number of ether oxygens (including phenoxy) is 1. The number of hydrogen-bond acceptors (Lipinski definition) is 3. The van der Waals surface area contributed by atoms with Crippen LogP contribution >= 0.6 is 11.8 Å². The van der Waals surface area contributed by atoms with Crippen molar-refractivity contribution in [2.24, 2.45) is 11.8 Å². The van der Waals surface area contributed by atoms with E-state index in [1.54, 1.807) is 0 Å². The van der Waals surface area contributed by atoms with Crippen LogP contribution in [0.4, 0.5) is 0 Å². The molecule has 2 rings (SSSR count). The Kier molecular flexibility index (Phi) is 8.68. The molecule has 0 aromatic rings. The average molecular weight is 329 g/mol. The van der Waals surface area contributed by atoms with Crippen LogP contribution in [0.25, 0.3) is 0 Å². The van der Waals surface area contributed by atoms with Gasteiger partial charge in [0.05, 0.1) is 12.7 Å². The molecule has 2 atom stereocenters. The molecule has 4 heteroatoms. The summed E-state index contributed by atoms with van der Waals surface area (Å²) in [5, 5.41) is 8.63. The lowest BCUT2D eigenvalue weighted by Gasteiger charge is -2.25. The topological polar surface area (TPSA) is 46.5 Å². The van der Waals surface area contributed by atoms with Crippen molar-refractivity contribution in [1.29, 1.82) is 0 Å². The van der Waals surface area contributed by atoms with Crippen LogP contribution in [0.15, 0.2) is 0 Å². The first-order valence-electron chi connectivity index (χ1n) is 9.17. The second-order valence-electron chi connectivity index (χ2n) is 7.00. The minimum absolute atomic E-state index is 0.330. The predicted molar refractivity (Wildman–Crippen MR) is 92.5 cm³/mol. The number of aliphatic carboxylic acids is 1. The Hall–Kier alpha value is -0.220. The van der Waals surface area contributed by atoms with Gasteiger partial charge in [0.2, 0.25) is 0 Å². The molecule has 3 nitrogen and oxygen atoms in total. The lowest BCUT2D eigenvalue weighted by molar-refractivity contribution is -0.137. The maximum Gasteiger partial charge on any atom is 0.303 e. The van der Waals surface area contributed by atoms with Gasteiger partial charge in [0.15, 0.2) is 0 Å². The summed E-state index contributed by atoms with van der Waals surface area (Å²) < 4.78 is 6.19. The largest absolute Gasteiger partial charge is 0.481 e. The molecule has 1 aliphatic heterocycles. The summed E-state index contributed by atoms with van der Waals surface area (Å²) in [6.45, 7) is 0.974. The molecule has 0 amide bonds. The molecule has 2 aliphatic rings. The van der Waals surface area contributed by atoms with Crippen LogP contribution in [0.5, 0.6) is 0 Å². The van der Waals surface area contributed by atoms with E-state index >= 15 is 0 Å². The lowest BCUT2D eigenvalue weighted by Crippen LogP contribution is -2.24. The quantitative estimate of drug-likeness (QED) is 0.588. The van der Waals surface area contributed by atoms with Gasteiger partial charge in [0, 0.05) is 6.42 Å². The number of carbonyl (C=O) groups is 1. The van der Waals surface area contributed by atoms with Crippen LogP contribution in [0.1, 0.15) is 70.6 Å². The summed E-state index contributed by atoms with van der Waals surface area (Å²) in [6, 6.07) is 0. The van der Waals surface area contributed by atoms with Gasteiger partial charge in [-0.15, -0.1) is 0 Å². The van der Waals surface area contributed by atoms with Gasteiger partial charge in [-0.05, 0) is 49.0 Å². The molecule has 0 unspecified atom stereocenters. The van der Waals surface area contributed by atoms with Gasteiger partial charge in [0.25, 0.3) is 0 Å². The fourth-order valence-electron chi connectivity index (χ4n) is 3.67. The number of unbranched alkanes of at least 4 members (excludes halogenated alkanes) is 3. The average Bonchev–Trinajstić information content (AvgIpc) is 2.97. The van der Waals surface area contributed by atoms with Gasteiger partial charge in [-0.25, -0.2) is 0 Å². The molecule has 2 fully saturated rings. The molecule has 1 heterocycles.